The van der Waals surface area contributed by atoms with Gasteiger partial charge in [-0.1, -0.05) is 18.2 Å². The van der Waals surface area contributed by atoms with Crippen molar-refractivity contribution in [3.63, 3.8) is 0 Å². The Balaban J connectivity index is 0.00000200. The predicted octanol–water partition coefficient (Wildman–Crippen LogP) is 2.05. The fourth-order valence-electron chi connectivity index (χ4n) is 2.65. The third-order valence-electron chi connectivity index (χ3n) is 3.72. The van der Waals surface area contributed by atoms with Crippen LogP contribution in [0.3, 0.4) is 0 Å². The zero-order chi connectivity index (χ0) is 13.8. The highest BCUT2D eigenvalue weighted by Gasteiger charge is 2.27. The lowest BCUT2D eigenvalue weighted by Gasteiger charge is -2.23. The van der Waals surface area contributed by atoms with Gasteiger partial charge < -0.3 is 15.4 Å². The van der Waals surface area contributed by atoms with Crippen molar-refractivity contribution in [2.45, 2.75) is 32.7 Å². The van der Waals surface area contributed by atoms with Gasteiger partial charge in [0.2, 0.25) is 0 Å². The molecule has 1 atom stereocenters. The van der Waals surface area contributed by atoms with Crippen molar-refractivity contribution in [2.24, 2.45) is 5.73 Å². The minimum Gasteiger partial charge on any atom is -0.483 e. The quantitative estimate of drug-likeness (QED) is 0.925. The van der Waals surface area contributed by atoms with Crippen molar-refractivity contribution < 1.29 is 9.53 Å². The van der Waals surface area contributed by atoms with E-state index in [-0.39, 0.29) is 31.0 Å². The molecule has 112 valence electrons. The molecule has 0 bridgehead atoms. The monoisotopic (exact) mass is 298 g/mol. The van der Waals surface area contributed by atoms with Crippen LogP contribution in [0.2, 0.25) is 0 Å². The van der Waals surface area contributed by atoms with Gasteiger partial charge in [-0.15, -0.1) is 12.4 Å². The smallest absolute Gasteiger partial charge is 0.260 e. The standard InChI is InChI=1S/C15H22N2O2.ClH/c1-11-5-3-6-12(2)15(11)19-10-14(18)17-8-4-7-13(17)9-16;/h3,5-6,13H,4,7-10,16H2,1-2H3;1H. The largest absolute Gasteiger partial charge is 0.483 e. The van der Waals surface area contributed by atoms with E-state index in [9.17, 15) is 4.79 Å². The van der Waals surface area contributed by atoms with Gasteiger partial charge in [-0.3, -0.25) is 4.79 Å². The van der Waals surface area contributed by atoms with Crippen LogP contribution in [0.5, 0.6) is 5.75 Å². The maximum atomic E-state index is 12.2. The number of likely N-dealkylation sites (tertiary alicyclic amines) is 1. The van der Waals surface area contributed by atoms with E-state index in [1.165, 1.54) is 0 Å². The number of para-hydroxylation sites is 1. The topological polar surface area (TPSA) is 55.6 Å². The molecule has 2 N–H and O–H groups in total. The molecular formula is C15H23ClN2O2. The molecule has 1 unspecified atom stereocenters. The van der Waals surface area contributed by atoms with E-state index in [0.717, 1.165) is 36.3 Å². The first-order chi connectivity index (χ1) is 9.13. The minimum absolute atomic E-state index is 0. The second kappa shape index (κ2) is 7.50. The normalized spacial score (nSPS) is 17.8. The molecule has 0 saturated carbocycles. The predicted molar refractivity (Wildman–Crippen MR) is 82.4 cm³/mol. The maximum Gasteiger partial charge on any atom is 0.260 e. The fourth-order valence-corrected chi connectivity index (χ4v) is 2.65. The average molecular weight is 299 g/mol. The van der Waals surface area contributed by atoms with Gasteiger partial charge in [-0.05, 0) is 37.8 Å². The molecule has 1 aromatic rings. The summed E-state index contributed by atoms with van der Waals surface area (Å²) in [6.07, 6.45) is 2.04. The number of amides is 1. The summed E-state index contributed by atoms with van der Waals surface area (Å²) in [5.41, 5.74) is 7.80. The van der Waals surface area contributed by atoms with Gasteiger partial charge in [0.05, 0.1) is 0 Å². The molecule has 1 heterocycles. The number of ether oxygens (including phenoxy) is 1. The molecule has 1 fully saturated rings. The molecule has 1 aliphatic heterocycles. The number of halogens is 1. The minimum atomic E-state index is 0. The van der Waals surface area contributed by atoms with Crippen LogP contribution in [-0.2, 0) is 4.79 Å². The van der Waals surface area contributed by atoms with Crippen LogP contribution in [0.25, 0.3) is 0 Å². The SMILES string of the molecule is Cc1cccc(C)c1OCC(=O)N1CCCC1CN.Cl. The molecule has 4 nitrogen and oxygen atoms in total. The molecule has 0 aromatic heterocycles. The van der Waals surface area contributed by atoms with Crippen LogP contribution < -0.4 is 10.5 Å². The first kappa shape index (κ1) is 16.8. The summed E-state index contributed by atoms with van der Waals surface area (Å²) in [5, 5.41) is 0. The highest BCUT2D eigenvalue weighted by molar-refractivity contribution is 5.85. The summed E-state index contributed by atoms with van der Waals surface area (Å²) in [5.74, 6) is 0.856. The van der Waals surface area contributed by atoms with Crippen LogP contribution >= 0.6 is 12.4 Å². The van der Waals surface area contributed by atoms with Crippen LogP contribution in [-0.4, -0.2) is 36.5 Å². The van der Waals surface area contributed by atoms with Crippen molar-refractivity contribution in [2.75, 3.05) is 19.7 Å². The number of nitrogens with two attached hydrogens (primary N) is 1. The van der Waals surface area contributed by atoms with Crippen LogP contribution in [0.15, 0.2) is 18.2 Å². The van der Waals surface area contributed by atoms with Gasteiger partial charge in [0, 0.05) is 19.1 Å². The summed E-state index contributed by atoms with van der Waals surface area (Å²) in [4.78, 5) is 14.0. The van der Waals surface area contributed by atoms with E-state index in [4.69, 9.17) is 10.5 Å². The molecule has 0 radical (unpaired) electrons. The molecule has 5 heteroatoms. The van der Waals surface area contributed by atoms with Gasteiger partial charge in [0.1, 0.15) is 5.75 Å². The first-order valence-electron chi connectivity index (χ1n) is 6.82. The summed E-state index contributed by atoms with van der Waals surface area (Å²) >= 11 is 0. The highest BCUT2D eigenvalue weighted by atomic mass is 35.5. The Hall–Kier alpha value is -1.26. The van der Waals surface area contributed by atoms with Crippen molar-refractivity contribution in [1.29, 1.82) is 0 Å². The van der Waals surface area contributed by atoms with Gasteiger partial charge >= 0.3 is 0 Å². The number of carbonyl (C=O) groups excluding carboxylic acids is 1. The van der Waals surface area contributed by atoms with Crippen molar-refractivity contribution >= 4 is 18.3 Å². The molecule has 1 amide bonds. The summed E-state index contributed by atoms with van der Waals surface area (Å²) in [6, 6.07) is 6.16. The van der Waals surface area contributed by atoms with E-state index >= 15 is 0 Å². The summed E-state index contributed by atoms with van der Waals surface area (Å²) in [7, 11) is 0. The Morgan fingerprint density at radius 1 is 1.40 bits per heavy atom. The number of aryl methyl sites for hydroxylation is 2. The van der Waals surface area contributed by atoms with E-state index in [1.807, 2.05) is 36.9 Å². The van der Waals surface area contributed by atoms with E-state index in [0.29, 0.717) is 6.54 Å². The average Bonchev–Trinajstić information content (AvgIpc) is 2.86. The number of hydrogen-bond donors (Lipinski definition) is 1. The number of rotatable bonds is 4. The molecule has 0 aliphatic carbocycles. The molecule has 20 heavy (non-hydrogen) atoms. The van der Waals surface area contributed by atoms with Crippen LogP contribution in [0.4, 0.5) is 0 Å². The van der Waals surface area contributed by atoms with Gasteiger partial charge in [0.25, 0.3) is 5.91 Å². The Morgan fingerprint density at radius 2 is 2.05 bits per heavy atom. The highest BCUT2D eigenvalue weighted by Crippen LogP contribution is 2.23. The van der Waals surface area contributed by atoms with Crippen LogP contribution in [0.1, 0.15) is 24.0 Å². The second-order valence-corrected chi connectivity index (χ2v) is 5.13. The molecule has 1 aliphatic rings. The number of hydrogen-bond acceptors (Lipinski definition) is 3. The third kappa shape index (κ3) is 3.64. The Bertz CT molecular complexity index is 445. The van der Waals surface area contributed by atoms with Gasteiger partial charge in [-0.25, -0.2) is 0 Å². The summed E-state index contributed by atoms with van der Waals surface area (Å²) < 4.78 is 5.70. The molecule has 0 spiro atoms. The number of benzene rings is 1. The van der Waals surface area contributed by atoms with E-state index in [1.54, 1.807) is 0 Å². The Labute approximate surface area is 126 Å². The Morgan fingerprint density at radius 3 is 2.65 bits per heavy atom. The third-order valence-corrected chi connectivity index (χ3v) is 3.72. The van der Waals surface area contributed by atoms with Gasteiger partial charge in [-0.2, -0.15) is 0 Å². The van der Waals surface area contributed by atoms with Crippen molar-refractivity contribution in [3.8, 4) is 5.75 Å². The van der Waals surface area contributed by atoms with Crippen LogP contribution in [0, 0.1) is 13.8 Å². The number of carbonyl (C=O) groups is 1. The maximum absolute atomic E-state index is 12.2. The van der Waals surface area contributed by atoms with E-state index < -0.39 is 0 Å². The van der Waals surface area contributed by atoms with Gasteiger partial charge in [0.15, 0.2) is 6.61 Å². The zero-order valence-corrected chi connectivity index (χ0v) is 12.9. The zero-order valence-electron chi connectivity index (χ0n) is 12.1. The first-order valence-corrected chi connectivity index (χ1v) is 6.82. The molecule has 1 aromatic carbocycles. The lowest BCUT2D eigenvalue weighted by atomic mass is 10.1. The van der Waals surface area contributed by atoms with Crippen molar-refractivity contribution in [1.82, 2.24) is 4.90 Å². The van der Waals surface area contributed by atoms with Crippen molar-refractivity contribution in [3.05, 3.63) is 29.3 Å². The summed E-state index contributed by atoms with van der Waals surface area (Å²) in [6.45, 7) is 5.42. The number of nitrogens with zero attached hydrogens (tertiary/aromatic N) is 1. The fraction of sp³-hybridized carbons (Fsp3) is 0.533. The lowest BCUT2D eigenvalue weighted by molar-refractivity contribution is -0.134. The molecule has 2 rings (SSSR count). The lowest BCUT2D eigenvalue weighted by Crippen LogP contribution is -2.42. The molecule has 1 saturated heterocycles. The molecular weight excluding hydrogens is 276 g/mol. The Kier molecular flexibility index (Phi) is 6.30. The second-order valence-electron chi connectivity index (χ2n) is 5.13. The van der Waals surface area contributed by atoms with E-state index in [2.05, 4.69) is 0 Å².